The summed E-state index contributed by atoms with van der Waals surface area (Å²) in [5, 5.41) is 13.1. The van der Waals surface area contributed by atoms with Crippen molar-refractivity contribution in [1.29, 1.82) is 0 Å². The molecule has 31 heavy (non-hydrogen) atoms. The first-order chi connectivity index (χ1) is 14.9. The van der Waals surface area contributed by atoms with Crippen molar-refractivity contribution < 1.29 is 22.0 Å². The number of halogens is 1. The van der Waals surface area contributed by atoms with Gasteiger partial charge in [0.15, 0.2) is 9.84 Å². The number of sulfone groups is 1. The van der Waals surface area contributed by atoms with Gasteiger partial charge in [0.1, 0.15) is 5.82 Å². The molecule has 2 atom stereocenters. The molecule has 1 amide bonds. The minimum Gasteiger partial charge on any atom is -0.416 e. The van der Waals surface area contributed by atoms with E-state index >= 15 is 0 Å². The number of carbonyl (C=O) groups is 1. The summed E-state index contributed by atoms with van der Waals surface area (Å²) in [6.07, 6.45) is 1.02. The Morgan fingerprint density at radius 1 is 1.29 bits per heavy atom. The molecule has 3 heterocycles. The molecular formula is C20H20FN3O4S3. The number of aromatic nitrogens is 2. The predicted octanol–water partition coefficient (Wildman–Crippen LogP) is 3.25. The Balaban J connectivity index is 1.34. The molecule has 164 valence electrons. The number of thiophene rings is 1. The van der Waals surface area contributed by atoms with Crippen LogP contribution in [0.4, 0.5) is 4.39 Å². The summed E-state index contributed by atoms with van der Waals surface area (Å²) in [5.74, 6) is 0.234. The highest BCUT2D eigenvalue weighted by Crippen LogP contribution is 2.27. The molecule has 0 saturated carbocycles. The average molecular weight is 482 g/mol. The standard InChI is InChI=1S/C20H20FN3O4S3/c21-15-5-3-14(4-6-15)19(16-2-1-8-29-16)22-17(25)11-30-20-24-23-18(28-20)10-13-7-9-31(26,27)12-13/h1-6,8,13,19H,7,9-12H2,(H,22,25)/t13-,19-/m1/s1. The molecule has 11 heteroatoms. The summed E-state index contributed by atoms with van der Waals surface area (Å²) in [6, 6.07) is 9.48. The van der Waals surface area contributed by atoms with Crippen LogP contribution in [0.25, 0.3) is 0 Å². The smallest absolute Gasteiger partial charge is 0.277 e. The fourth-order valence-electron chi connectivity index (χ4n) is 3.42. The summed E-state index contributed by atoms with van der Waals surface area (Å²) < 4.78 is 42.0. The maximum atomic E-state index is 13.3. The zero-order chi connectivity index (χ0) is 21.8. The van der Waals surface area contributed by atoms with E-state index in [-0.39, 0.29) is 46.2 Å². The van der Waals surface area contributed by atoms with Crippen LogP contribution in [0, 0.1) is 11.7 Å². The monoisotopic (exact) mass is 481 g/mol. The van der Waals surface area contributed by atoms with Gasteiger partial charge in [-0.1, -0.05) is 30.0 Å². The minimum atomic E-state index is -2.95. The topological polar surface area (TPSA) is 102 Å². The number of nitrogens with zero attached hydrogens (tertiary/aromatic N) is 2. The quantitative estimate of drug-likeness (QED) is 0.493. The maximum Gasteiger partial charge on any atom is 0.277 e. The van der Waals surface area contributed by atoms with Gasteiger partial charge in [0.05, 0.1) is 23.3 Å². The Kier molecular flexibility index (Phi) is 6.73. The molecule has 3 aromatic rings. The van der Waals surface area contributed by atoms with Crippen LogP contribution in [0.15, 0.2) is 51.4 Å². The van der Waals surface area contributed by atoms with E-state index in [0.717, 1.165) is 22.2 Å². The van der Waals surface area contributed by atoms with Gasteiger partial charge in [-0.05, 0) is 41.5 Å². The van der Waals surface area contributed by atoms with Gasteiger partial charge in [-0.2, -0.15) is 0 Å². The molecule has 1 aromatic carbocycles. The van der Waals surface area contributed by atoms with Crippen molar-refractivity contribution >= 4 is 38.8 Å². The molecule has 0 aliphatic carbocycles. The molecule has 0 spiro atoms. The SMILES string of the molecule is O=C(CSc1nnc(C[C@H]2CCS(=O)(=O)C2)o1)N[C@H](c1ccc(F)cc1)c1cccs1. The molecule has 4 rings (SSSR count). The van der Waals surface area contributed by atoms with Gasteiger partial charge in [0.2, 0.25) is 11.8 Å². The van der Waals surface area contributed by atoms with E-state index in [1.165, 1.54) is 23.5 Å². The second-order valence-electron chi connectivity index (χ2n) is 7.29. The zero-order valence-electron chi connectivity index (χ0n) is 16.4. The molecule has 7 nitrogen and oxygen atoms in total. The van der Waals surface area contributed by atoms with E-state index in [1.54, 1.807) is 12.1 Å². The Labute approximate surface area is 187 Å². The van der Waals surface area contributed by atoms with Crippen LogP contribution in [-0.4, -0.2) is 41.8 Å². The summed E-state index contributed by atoms with van der Waals surface area (Å²) in [4.78, 5) is 13.5. The lowest BCUT2D eigenvalue weighted by Gasteiger charge is -2.18. The number of hydrogen-bond donors (Lipinski definition) is 1. The van der Waals surface area contributed by atoms with Gasteiger partial charge < -0.3 is 9.73 Å². The first-order valence-corrected chi connectivity index (χ1v) is 13.3. The van der Waals surface area contributed by atoms with E-state index in [0.29, 0.717) is 18.7 Å². The highest BCUT2D eigenvalue weighted by Gasteiger charge is 2.29. The lowest BCUT2D eigenvalue weighted by molar-refractivity contribution is -0.119. The molecule has 1 fully saturated rings. The highest BCUT2D eigenvalue weighted by molar-refractivity contribution is 7.99. The first kappa shape index (κ1) is 22.0. The Morgan fingerprint density at radius 2 is 2.10 bits per heavy atom. The van der Waals surface area contributed by atoms with Gasteiger partial charge in [-0.25, -0.2) is 12.8 Å². The summed E-state index contributed by atoms with van der Waals surface area (Å²) in [5.41, 5.74) is 0.786. The molecule has 0 unspecified atom stereocenters. The number of carbonyl (C=O) groups excluding carboxylic acids is 1. The van der Waals surface area contributed by atoms with Gasteiger partial charge >= 0.3 is 0 Å². The number of benzene rings is 1. The average Bonchev–Trinajstić information content (AvgIpc) is 3.47. The summed E-state index contributed by atoms with van der Waals surface area (Å²) in [7, 11) is -2.95. The zero-order valence-corrected chi connectivity index (χ0v) is 18.8. The summed E-state index contributed by atoms with van der Waals surface area (Å²) >= 11 is 2.62. The number of thioether (sulfide) groups is 1. The molecule has 0 radical (unpaired) electrons. The van der Waals surface area contributed by atoms with Gasteiger partial charge in [-0.3, -0.25) is 4.79 Å². The third kappa shape index (κ3) is 5.92. The molecule has 1 aliphatic rings. The Bertz CT molecular complexity index is 1130. The van der Waals surface area contributed by atoms with E-state index in [2.05, 4.69) is 15.5 Å². The molecule has 1 N–H and O–H groups in total. The van der Waals surface area contributed by atoms with Crippen LogP contribution in [0.5, 0.6) is 0 Å². The fourth-order valence-corrected chi connectivity index (χ4v) is 6.67. The van der Waals surface area contributed by atoms with Crippen molar-refractivity contribution in [3.8, 4) is 0 Å². The van der Waals surface area contributed by atoms with Crippen molar-refractivity contribution in [2.75, 3.05) is 17.3 Å². The summed E-state index contributed by atoms with van der Waals surface area (Å²) in [6.45, 7) is 0. The van der Waals surface area contributed by atoms with Crippen LogP contribution in [-0.2, 0) is 21.1 Å². The molecule has 0 bridgehead atoms. The van der Waals surface area contributed by atoms with Gasteiger partial charge in [0.25, 0.3) is 5.22 Å². The van der Waals surface area contributed by atoms with Crippen LogP contribution in [0.2, 0.25) is 0 Å². The second kappa shape index (κ2) is 9.49. The van der Waals surface area contributed by atoms with E-state index < -0.39 is 9.84 Å². The van der Waals surface area contributed by atoms with Crippen LogP contribution >= 0.6 is 23.1 Å². The van der Waals surface area contributed by atoms with Crippen molar-refractivity contribution in [1.82, 2.24) is 15.5 Å². The van der Waals surface area contributed by atoms with Crippen molar-refractivity contribution in [3.63, 3.8) is 0 Å². The van der Waals surface area contributed by atoms with Crippen molar-refractivity contribution in [2.45, 2.75) is 24.1 Å². The predicted molar refractivity (Wildman–Crippen MR) is 116 cm³/mol. The van der Waals surface area contributed by atoms with Crippen LogP contribution in [0.1, 0.15) is 28.8 Å². The van der Waals surface area contributed by atoms with E-state index in [1.807, 2.05) is 17.5 Å². The van der Waals surface area contributed by atoms with Gasteiger partial charge in [-0.15, -0.1) is 21.5 Å². The van der Waals surface area contributed by atoms with E-state index in [9.17, 15) is 17.6 Å². The number of hydrogen-bond acceptors (Lipinski definition) is 8. The Hall–Kier alpha value is -2.24. The third-order valence-electron chi connectivity index (χ3n) is 4.90. The maximum absolute atomic E-state index is 13.3. The molecule has 1 saturated heterocycles. The number of amides is 1. The number of rotatable bonds is 8. The molecule has 1 aliphatic heterocycles. The van der Waals surface area contributed by atoms with Crippen LogP contribution < -0.4 is 5.32 Å². The lowest BCUT2D eigenvalue weighted by atomic mass is 10.1. The van der Waals surface area contributed by atoms with Gasteiger partial charge in [0, 0.05) is 11.3 Å². The van der Waals surface area contributed by atoms with Crippen molar-refractivity contribution in [2.24, 2.45) is 5.92 Å². The van der Waals surface area contributed by atoms with Crippen LogP contribution in [0.3, 0.4) is 0 Å². The molecule has 2 aromatic heterocycles. The first-order valence-electron chi connectivity index (χ1n) is 9.62. The largest absolute Gasteiger partial charge is 0.416 e. The normalized spacial score (nSPS) is 18.7. The minimum absolute atomic E-state index is 0.00568. The van der Waals surface area contributed by atoms with E-state index in [4.69, 9.17) is 4.42 Å². The fraction of sp³-hybridized carbons (Fsp3) is 0.350. The number of nitrogens with one attached hydrogen (secondary N) is 1. The third-order valence-corrected chi connectivity index (χ3v) is 8.49. The lowest BCUT2D eigenvalue weighted by Crippen LogP contribution is -2.30. The second-order valence-corrected chi connectivity index (χ2v) is 11.4. The van der Waals surface area contributed by atoms with Crippen molar-refractivity contribution in [3.05, 3.63) is 63.9 Å². The molecular weight excluding hydrogens is 461 g/mol. The Morgan fingerprint density at radius 3 is 2.77 bits per heavy atom. The highest BCUT2D eigenvalue weighted by atomic mass is 32.2.